The Labute approximate surface area is 645 Å². The molecule has 15 heterocycles. The number of esters is 1. The van der Waals surface area contributed by atoms with Crippen molar-refractivity contribution in [3.05, 3.63) is 273 Å². The van der Waals surface area contributed by atoms with Crippen LogP contribution in [0.4, 0.5) is 0 Å². The molecule has 0 unspecified atom stereocenters. The van der Waals surface area contributed by atoms with Crippen molar-refractivity contribution >= 4 is 169 Å². The Balaban J connectivity index is 0.000000105. The highest BCUT2D eigenvalue weighted by atomic mass is 32.1. The Kier molecular flexibility index (Phi) is 20.2. The number of carbonyl (C=O) groups is 6. The van der Waals surface area contributed by atoms with Crippen LogP contribution in [0.3, 0.4) is 0 Å². The fourth-order valence-electron chi connectivity index (χ4n) is 11.3. The van der Waals surface area contributed by atoms with Crippen molar-refractivity contribution < 1.29 is 37.9 Å². The van der Waals surface area contributed by atoms with Gasteiger partial charge in [0.2, 0.25) is 41.1 Å². The number of nitrogens with one attached hydrogen (secondary N) is 7. The van der Waals surface area contributed by atoms with Gasteiger partial charge in [-0.05, 0) is 37.3 Å². The summed E-state index contributed by atoms with van der Waals surface area (Å²) in [5.41, 5.74) is 11.1. The molecule has 5 aromatic carbocycles. The lowest BCUT2D eigenvalue weighted by Gasteiger charge is -1.95. The van der Waals surface area contributed by atoms with Gasteiger partial charge in [0, 0.05) is 129 Å². The van der Waals surface area contributed by atoms with Crippen LogP contribution in [-0.2, 0) is 4.74 Å². The molecule has 0 saturated heterocycles. The number of ether oxygens (including phenoxy) is 1. The first-order chi connectivity index (χ1) is 53.9. The largest absolute Gasteiger partial charge is 0.464 e. The van der Waals surface area contributed by atoms with Crippen LogP contribution in [0.25, 0.3) is 111 Å². The first-order valence-corrected chi connectivity index (χ1v) is 38.8. The highest BCUT2D eigenvalue weighted by molar-refractivity contribution is 7.16. The van der Waals surface area contributed by atoms with E-state index in [-0.39, 0.29) is 34.6 Å². The number of ketones is 5. The molecule has 538 valence electrons. The average molecular weight is 1580 g/mol. The van der Waals surface area contributed by atoms with E-state index in [4.69, 9.17) is 4.42 Å². The highest BCUT2D eigenvalue weighted by Gasteiger charge is 2.25. The van der Waals surface area contributed by atoms with E-state index in [9.17, 15) is 28.8 Å². The first-order valence-electron chi connectivity index (χ1n) is 32.6. The molecular weight excluding hydrogens is 1530 g/mol. The zero-order valence-corrected chi connectivity index (χ0v) is 62.4. The third-order valence-corrected chi connectivity index (χ3v) is 22.4. The van der Waals surface area contributed by atoms with E-state index in [1.54, 1.807) is 64.1 Å². The topological polar surface area (TPSA) is 403 Å². The minimum Gasteiger partial charge on any atom is -0.464 e. The standard InChI is InChI=1S/C17H11N3O3S2.C15H11N5OS.C15H9N3OS2.C14H9N5OS.C14H8N4O2S/c1-23-17(22)13-8-24-15(20-13)12-7-25-16(19-12)14(21)10-6-18-11-5-3-2-4-9(10)11;1-8-17-14(20-19-8)12-7-22-15(18-12)13(21)10-6-16-11-5-3-2-4-9(10)11;19-13(10-7-17-11-4-2-1-3-9(10)11)15-18-12(8-21-15)14-16-5-6-20-14;20-12(9-5-15-10-4-2-1-3-8(9)10)14-18-11(6-21-14)13-16-7-17-19-13;19-12(9-5-15-10-4-2-1-3-8(9)10)14-17-11(6-21-14)13-18-16-7-20-13/h2-8,18H,1H3;2-7,16H,1H3,(H,17,19,20);1-8,17H;1-7,15H,(H,16,17,19);1-7,15H. The van der Waals surface area contributed by atoms with E-state index >= 15 is 0 Å². The number of fused-ring (bicyclic) bond motifs is 5. The van der Waals surface area contributed by atoms with Crippen molar-refractivity contribution in [1.82, 2.24) is 100 Å². The lowest BCUT2D eigenvalue weighted by Crippen LogP contribution is -2.01. The van der Waals surface area contributed by atoms with E-state index in [1.165, 1.54) is 99.2 Å². The molecule has 0 atom stereocenters. The fraction of sp³-hybridized carbons (Fsp3) is 0.0267. The molecule has 28 nitrogen and oxygen atoms in total. The van der Waals surface area contributed by atoms with Gasteiger partial charge in [-0.25, -0.2) is 49.7 Å². The number of benzene rings is 5. The number of H-pyrrole nitrogens is 7. The Morgan fingerprint density at radius 1 is 0.409 bits per heavy atom. The predicted octanol–water partition coefficient (Wildman–Crippen LogP) is 16.2. The van der Waals surface area contributed by atoms with Crippen molar-refractivity contribution in [1.29, 1.82) is 0 Å². The van der Waals surface area contributed by atoms with E-state index in [1.807, 2.05) is 139 Å². The van der Waals surface area contributed by atoms with Gasteiger partial charge in [-0.15, -0.1) is 89.6 Å². The van der Waals surface area contributed by atoms with Gasteiger partial charge in [-0.3, -0.25) is 34.2 Å². The minimum absolute atomic E-state index is 0.0553. The van der Waals surface area contributed by atoms with Gasteiger partial charge in [0.15, 0.2) is 36.6 Å². The predicted molar refractivity (Wildman–Crippen MR) is 422 cm³/mol. The second kappa shape index (κ2) is 31.5. The molecule has 0 saturated carbocycles. The summed E-state index contributed by atoms with van der Waals surface area (Å²) in [6.45, 7) is 1.82. The van der Waals surface area contributed by atoms with Gasteiger partial charge < -0.3 is 34.1 Å². The number of aromatic amines is 7. The summed E-state index contributed by atoms with van der Waals surface area (Å²) < 4.78 is 9.73. The van der Waals surface area contributed by atoms with Gasteiger partial charge >= 0.3 is 5.97 Å². The average Bonchev–Trinajstić information content (AvgIpc) is 1.67. The van der Waals surface area contributed by atoms with Crippen molar-refractivity contribution in [3.63, 3.8) is 0 Å². The third kappa shape index (κ3) is 14.8. The number of aromatic nitrogens is 20. The van der Waals surface area contributed by atoms with Crippen LogP contribution in [0.1, 0.15) is 93.1 Å². The van der Waals surface area contributed by atoms with Gasteiger partial charge in [0.1, 0.15) is 50.6 Å². The molecule has 20 rings (SSSR count). The maximum Gasteiger partial charge on any atom is 0.357 e. The van der Waals surface area contributed by atoms with Crippen molar-refractivity contribution in [2.75, 3.05) is 7.11 Å². The lowest BCUT2D eigenvalue weighted by molar-refractivity contribution is 0.0594. The number of aryl methyl sites for hydroxylation is 1. The van der Waals surface area contributed by atoms with Crippen LogP contribution in [0.15, 0.2) is 213 Å². The Bertz CT molecular complexity index is 6330. The molecule has 0 spiro atoms. The maximum atomic E-state index is 12.8. The lowest BCUT2D eigenvalue weighted by atomic mass is 10.1. The van der Waals surface area contributed by atoms with Crippen LogP contribution in [0, 0.1) is 6.92 Å². The monoisotopic (exact) mass is 1580 g/mol. The van der Waals surface area contributed by atoms with Crippen molar-refractivity contribution in [3.8, 4) is 56.0 Å². The molecule has 35 heteroatoms. The summed E-state index contributed by atoms with van der Waals surface area (Å²) in [5, 5.41) is 41.2. The number of rotatable bonds is 16. The van der Waals surface area contributed by atoms with Crippen LogP contribution >= 0.6 is 79.4 Å². The second-order valence-electron chi connectivity index (χ2n) is 23.3. The zero-order valence-electron chi connectivity index (χ0n) is 56.6. The summed E-state index contributed by atoms with van der Waals surface area (Å²) in [5.74, 6) is 1.09. The molecule has 0 amide bonds. The van der Waals surface area contributed by atoms with Gasteiger partial charge in [-0.2, -0.15) is 10.2 Å². The van der Waals surface area contributed by atoms with Crippen molar-refractivity contribution in [2.24, 2.45) is 0 Å². The molecule has 0 bridgehead atoms. The third-order valence-electron chi connectivity index (χ3n) is 16.5. The number of hydrogen-bond donors (Lipinski definition) is 7. The van der Waals surface area contributed by atoms with Crippen LogP contribution in [0.2, 0.25) is 0 Å². The van der Waals surface area contributed by atoms with Gasteiger partial charge in [0.05, 0.1) is 34.9 Å². The Morgan fingerprint density at radius 2 is 0.809 bits per heavy atom. The SMILES string of the molecule is COC(=O)c1csc(-c2csc(C(=O)c3c[nH]c4ccccc34)n2)n1.Cc1nc(-c2csc(C(=O)c3c[nH]c4ccccc34)n2)n[nH]1.O=C(c1nc(-c2nccs2)cs1)c1c[nH]c2ccccc12.O=C(c1nc(-c2ncn[nH]2)cs1)c1c[nH]c2ccccc12.O=C(c1nc(-c2nnco2)cs1)c1c[nH]c2ccccc12. The van der Waals surface area contributed by atoms with Crippen LogP contribution in [-0.4, -0.2) is 142 Å². The Morgan fingerprint density at radius 3 is 1.20 bits per heavy atom. The molecule has 0 aliphatic rings. The molecule has 0 aliphatic carbocycles. The number of carbonyl (C=O) groups excluding carboxylic acids is 6. The van der Waals surface area contributed by atoms with Crippen LogP contribution in [0.5, 0.6) is 0 Å². The number of methoxy groups -OCH3 is 1. The van der Waals surface area contributed by atoms with E-state index in [2.05, 4.69) is 105 Å². The van der Waals surface area contributed by atoms with Crippen LogP contribution < -0.4 is 0 Å². The maximum absolute atomic E-state index is 12.8. The molecule has 110 heavy (non-hydrogen) atoms. The number of thiazole rings is 7. The van der Waals surface area contributed by atoms with E-state index < -0.39 is 5.97 Å². The minimum atomic E-state index is -0.493. The molecule has 15 aromatic heterocycles. The summed E-state index contributed by atoms with van der Waals surface area (Å²) in [6.07, 6.45) is 13.0. The van der Waals surface area contributed by atoms with Crippen molar-refractivity contribution in [2.45, 2.75) is 6.92 Å². The number of nitrogens with zero attached hydrogens (tertiary/aromatic N) is 13. The molecule has 0 fully saturated rings. The van der Waals surface area contributed by atoms with E-state index in [0.29, 0.717) is 104 Å². The summed E-state index contributed by atoms with van der Waals surface area (Å²) >= 11 is 9.28. The Hall–Kier alpha value is -13.6. The number of hydrogen-bond acceptors (Lipinski definition) is 28. The molecule has 20 aromatic rings. The first kappa shape index (κ1) is 70.7. The zero-order chi connectivity index (χ0) is 75.2. The highest BCUT2D eigenvalue weighted by Crippen LogP contribution is 2.33. The summed E-state index contributed by atoms with van der Waals surface area (Å²) in [6, 6.07) is 38.5. The van der Waals surface area contributed by atoms with E-state index in [0.717, 1.165) is 65.2 Å². The summed E-state index contributed by atoms with van der Waals surface area (Å²) in [4.78, 5) is 129. The quantitative estimate of drug-likeness (QED) is 0.0349. The summed E-state index contributed by atoms with van der Waals surface area (Å²) in [7, 11) is 1.31. The molecule has 7 N–H and O–H groups in total. The normalized spacial score (nSPS) is 11.0. The fourth-order valence-corrected chi connectivity index (χ4v) is 16.5. The van der Waals surface area contributed by atoms with Gasteiger partial charge in [0.25, 0.3) is 5.89 Å². The molecule has 0 radical (unpaired) electrons. The molecule has 0 aliphatic heterocycles. The number of para-hydroxylation sites is 5. The van der Waals surface area contributed by atoms with Gasteiger partial charge in [-0.1, -0.05) is 91.0 Å². The second-order valence-corrected chi connectivity index (χ2v) is 29.3. The molecular formula is C75H48N20O8S7. The smallest absolute Gasteiger partial charge is 0.357 e.